The van der Waals surface area contributed by atoms with Gasteiger partial charge in [-0.3, -0.25) is 19.3 Å². The van der Waals surface area contributed by atoms with Gasteiger partial charge in [0.05, 0.1) is 18.2 Å². The van der Waals surface area contributed by atoms with Gasteiger partial charge in [0.25, 0.3) is 17.7 Å². The van der Waals surface area contributed by atoms with Gasteiger partial charge in [-0.2, -0.15) is 0 Å². The van der Waals surface area contributed by atoms with E-state index in [-0.39, 0.29) is 17.7 Å². The molecule has 3 aromatic carbocycles. The topological polar surface area (TPSA) is 75.7 Å². The highest BCUT2D eigenvalue weighted by Gasteiger charge is 2.34. The summed E-state index contributed by atoms with van der Waals surface area (Å²) in [6.07, 6.45) is 0. The number of carbonyl (C=O) groups is 3. The third-order valence-electron chi connectivity index (χ3n) is 4.91. The molecule has 0 radical (unpaired) electrons. The number of benzene rings is 3. The number of fused-ring (bicyclic) bond motifs is 1. The van der Waals surface area contributed by atoms with Crippen LogP contribution in [0.3, 0.4) is 0 Å². The molecule has 31 heavy (non-hydrogen) atoms. The molecule has 1 aliphatic heterocycles. The lowest BCUT2D eigenvalue weighted by molar-refractivity contribution is 0.0664. The van der Waals surface area contributed by atoms with E-state index in [9.17, 15) is 14.4 Å². The van der Waals surface area contributed by atoms with Crippen molar-refractivity contribution in [1.82, 2.24) is 4.90 Å². The molecule has 156 valence electrons. The minimum Gasteiger partial charge on any atom is -0.497 e. The summed E-state index contributed by atoms with van der Waals surface area (Å²) < 4.78 is 5.15. The first kappa shape index (κ1) is 20.7. The van der Waals surface area contributed by atoms with Crippen molar-refractivity contribution in [3.05, 3.63) is 89.5 Å². The molecular weight excluding hydrogens is 412 g/mol. The van der Waals surface area contributed by atoms with Gasteiger partial charge in [0.1, 0.15) is 5.75 Å². The zero-order chi connectivity index (χ0) is 21.8. The molecule has 6 nitrogen and oxygen atoms in total. The first-order chi connectivity index (χ1) is 15.1. The summed E-state index contributed by atoms with van der Waals surface area (Å²) in [5.74, 6) is 0.511. The largest absolute Gasteiger partial charge is 0.497 e. The van der Waals surface area contributed by atoms with Crippen LogP contribution in [0.1, 0.15) is 31.1 Å². The molecular formula is C24H20N2O4S. The summed E-state index contributed by atoms with van der Waals surface area (Å²) in [6, 6.07) is 21.3. The number of imide groups is 1. The van der Waals surface area contributed by atoms with Crippen LogP contribution in [0.15, 0.2) is 77.7 Å². The molecule has 0 fully saturated rings. The highest BCUT2D eigenvalue weighted by Crippen LogP contribution is 2.25. The Kier molecular flexibility index (Phi) is 6.04. The maximum Gasteiger partial charge on any atom is 0.261 e. The maximum atomic E-state index is 12.4. The SMILES string of the molecule is COc1cccc(C(=O)Nc2ccc(SCCN3C(=O)c4ccccc4C3=O)cc2)c1. The van der Waals surface area contributed by atoms with E-state index in [0.717, 1.165) is 4.90 Å². The Morgan fingerprint density at radius 1 is 0.935 bits per heavy atom. The molecule has 1 heterocycles. The molecule has 1 N–H and O–H groups in total. The highest BCUT2D eigenvalue weighted by atomic mass is 32.2. The van der Waals surface area contributed by atoms with E-state index in [0.29, 0.717) is 40.4 Å². The van der Waals surface area contributed by atoms with E-state index in [1.807, 2.05) is 24.3 Å². The summed E-state index contributed by atoms with van der Waals surface area (Å²) >= 11 is 1.54. The summed E-state index contributed by atoms with van der Waals surface area (Å²) in [5, 5.41) is 2.86. The zero-order valence-electron chi connectivity index (χ0n) is 16.8. The van der Waals surface area contributed by atoms with Gasteiger partial charge in [0.15, 0.2) is 0 Å². The number of hydrogen-bond acceptors (Lipinski definition) is 5. The second kappa shape index (κ2) is 9.06. The van der Waals surface area contributed by atoms with Crippen LogP contribution in [-0.4, -0.2) is 42.0 Å². The number of hydrogen-bond donors (Lipinski definition) is 1. The van der Waals surface area contributed by atoms with Gasteiger partial charge in [-0.05, 0) is 54.6 Å². The second-order valence-electron chi connectivity index (χ2n) is 6.87. The standard InChI is InChI=1S/C24H20N2O4S/c1-30-18-6-4-5-16(15-18)22(27)25-17-9-11-19(12-10-17)31-14-13-26-23(28)20-7-2-3-8-21(20)24(26)29/h2-12,15H,13-14H2,1H3,(H,25,27). The first-order valence-electron chi connectivity index (χ1n) is 9.70. The molecule has 0 saturated heterocycles. The maximum absolute atomic E-state index is 12.4. The quantitative estimate of drug-likeness (QED) is 0.444. The van der Waals surface area contributed by atoms with Crippen molar-refractivity contribution >= 4 is 35.2 Å². The molecule has 0 aromatic heterocycles. The molecule has 0 aliphatic carbocycles. The summed E-state index contributed by atoms with van der Waals surface area (Å²) in [4.78, 5) is 39.5. The van der Waals surface area contributed by atoms with Crippen LogP contribution in [0.4, 0.5) is 5.69 Å². The van der Waals surface area contributed by atoms with Crippen LogP contribution in [0.5, 0.6) is 5.75 Å². The predicted molar refractivity (Wildman–Crippen MR) is 120 cm³/mol. The smallest absolute Gasteiger partial charge is 0.261 e. The molecule has 0 spiro atoms. The molecule has 0 atom stereocenters. The lowest BCUT2D eigenvalue weighted by Gasteiger charge is -2.13. The molecule has 0 unspecified atom stereocenters. The third kappa shape index (κ3) is 4.46. The van der Waals surface area contributed by atoms with Crippen LogP contribution in [-0.2, 0) is 0 Å². The Balaban J connectivity index is 1.31. The summed E-state index contributed by atoms with van der Waals surface area (Å²) in [6.45, 7) is 0.339. The van der Waals surface area contributed by atoms with Crippen LogP contribution in [0.2, 0.25) is 0 Å². The fraction of sp³-hybridized carbons (Fsp3) is 0.125. The Morgan fingerprint density at radius 2 is 1.61 bits per heavy atom. The van der Waals surface area contributed by atoms with Crippen LogP contribution >= 0.6 is 11.8 Å². The molecule has 1 aliphatic rings. The van der Waals surface area contributed by atoms with Gasteiger partial charge in [0.2, 0.25) is 0 Å². The van der Waals surface area contributed by atoms with Crippen LogP contribution < -0.4 is 10.1 Å². The fourth-order valence-electron chi connectivity index (χ4n) is 3.30. The van der Waals surface area contributed by atoms with E-state index in [4.69, 9.17) is 4.74 Å². The minimum absolute atomic E-state index is 0.218. The monoisotopic (exact) mass is 432 g/mol. The van der Waals surface area contributed by atoms with Crippen LogP contribution in [0.25, 0.3) is 0 Å². The van der Waals surface area contributed by atoms with Gasteiger partial charge >= 0.3 is 0 Å². The number of carbonyl (C=O) groups excluding carboxylic acids is 3. The average molecular weight is 433 g/mol. The Bertz CT molecular complexity index is 1110. The molecule has 0 bridgehead atoms. The Morgan fingerprint density at radius 3 is 2.26 bits per heavy atom. The van der Waals surface area contributed by atoms with Crippen molar-refractivity contribution < 1.29 is 19.1 Å². The number of nitrogens with one attached hydrogen (secondary N) is 1. The second-order valence-corrected chi connectivity index (χ2v) is 8.03. The number of ether oxygens (including phenoxy) is 1. The van der Waals surface area contributed by atoms with Gasteiger partial charge in [-0.1, -0.05) is 18.2 Å². The van der Waals surface area contributed by atoms with E-state index in [1.54, 1.807) is 67.4 Å². The number of nitrogens with zero attached hydrogens (tertiary/aromatic N) is 1. The molecule has 7 heteroatoms. The van der Waals surface area contributed by atoms with E-state index in [1.165, 1.54) is 4.90 Å². The Labute approximate surface area is 184 Å². The minimum atomic E-state index is -0.239. The van der Waals surface area contributed by atoms with Crippen molar-refractivity contribution in [2.24, 2.45) is 0 Å². The lowest BCUT2D eigenvalue weighted by atomic mass is 10.1. The zero-order valence-corrected chi connectivity index (χ0v) is 17.6. The summed E-state index contributed by atoms with van der Waals surface area (Å²) in [5.41, 5.74) is 2.12. The fourth-order valence-corrected chi connectivity index (χ4v) is 4.14. The Hall–Kier alpha value is -3.58. The van der Waals surface area contributed by atoms with Gasteiger partial charge in [-0.15, -0.1) is 11.8 Å². The molecule has 3 amide bonds. The van der Waals surface area contributed by atoms with Crippen LogP contribution in [0, 0.1) is 0 Å². The third-order valence-corrected chi connectivity index (χ3v) is 5.90. The number of rotatable bonds is 7. The van der Waals surface area contributed by atoms with Crippen molar-refractivity contribution in [2.75, 3.05) is 24.7 Å². The highest BCUT2D eigenvalue weighted by molar-refractivity contribution is 7.99. The van der Waals surface area contributed by atoms with Crippen molar-refractivity contribution in [2.45, 2.75) is 4.90 Å². The van der Waals surface area contributed by atoms with Crippen molar-refractivity contribution in [3.63, 3.8) is 0 Å². The molecule has 4 rings (SSSR count). The number of amides is 3. The van der Waals surface area contributed by atoms with Gasteiger partial charge in [-0.25, -0.2) is 0 Å². The average Bonchev–Trinajstić information content (AvgIpc) is 3.05. The number of thioether (sulfide) groups is 1. The van der Waals surface area contributed by atoms with E-state index in [2.05, 4.69) is 5.32 Å². The lowest BCUT2D eigenvalue weighted by Crippen LogP contribution is -2.31. The van der Waals surface area contributed by atoms with Gasteiger partial charge in [0, 0.05) is 28.4 Å². The normalized spacial score (nSPS) is 12.6. The van der Waals surface area contributed by atoms with Crippen molar-refractivity contribution in [3.8, 4) is 5.75 Å². The summed E-state index contributed by atoms with van der Waals surface area (Å²) in [7, 11) is 1.56. The first-order valence-corrected chi connectivity index (χ1v) is 10.7. The van der Waals surface area contributed by atoms with E-state index >= 15 is 0 Å². The van der Waals surface area contributed by atoms with Gasteiger partial charge < -0.3 is 10.1 Å². The number of anilines is 1. The predicted octanol–water partition coefficient (Wildman–Crippen LogP) is 4.34. The van der Waals surface area contributed by atoms with Crippen molar-refractivity contribution in [1.29, 1.82) is 0 Å². The number of methoxy groups -OCH3 is 1. The molecule has 3 aromatic rings. The molecule has 0 saturated carbocycles. The van der Waals surface area contributed by atoms with E-state index < -0.39 is 0 Å².